The lowest BCUT2D eigenvalue weighted by Crippen LogP contribution is -2.63. The molecular formula is C22H28N2O2. The Balaban J connectivity index is 1.37. The molecule has 0 radical (unpaired) electrons. The first kappa shape index (κ1) is 16.3. The van der Waals surface area contributed by atoms with E-state index < -0.39 is 0 Å². The Bertz CT molecular complexity index is 689. The molecule has 3 aliphatic heterocycles. The van der Waals surface area contributed by atoms with Gasteiger partial charge in [0.25, 0.3) is 0 Å². The Morgan fingerprint density at radius 3 is 2.27 bits per heavy atom. The molecule has 3 heterocycles. The van der Waals surface area contributed by atoms with Crippen molar-refractivity contribution in [2.75, 3.05) is 13.1 Å². The summed E-state index contributed by atoms with van der Waals surface area (Å²) in [5, 5.41) is 0. The van der Waals surface area contributed by atoms with Crippen molar-refractivity contribution in [2.45, 2.75) is 62.9 Å². The van der Waals surface area contributed by atoms with E-state index >= 15 is 0 Å². The Morgan fingerprint density at radius 2 is 1.58 bits per heavy atom. The second kappa shape index (κ2) is 6.40. The fourth-order valence-corrected chi connectivity index (χ4v) is 5.64. The third-order valence-electron chi connectivity index (χ3n) is 7.14. The molecule has 26 heavy (non-hydrogen) atoms. The van der Waals surface area contributed by atoms with Gasteiger partial charge in [0.2, 0.25) is 11.8 Å². The maximum absolute atomic E-state index is 13.4. The number of amides is 2. The number of hydrogen-bond donors (Lipinski definition) is 0. The van der Waals surface area contributed by atoms with Gasteiger partial charge in [0.05, 0.1) is 0 Å². The molecule has 0 unspecified atom stereocenters. The van der Waals surface area contributed by atoms with Gasteiger partial charge in [-0.25, -0.2) is 0 Å². The van der Waals surface area contributed by atoms with Gasteiger partial charge in [0.1, 0.15) is 6.04 Å². The summed E-state index contributed by atoms with van der Waals surface area (Å²) in [6, 6.07) is 10.5. The van der Waals surface area contributed by atoms with E-state index in [2.05, 4.69) is 29.2 Å². The fourth-order valence-electron chi connectivity index (χ4n) is 5.64. The third kappa shape index (κ3) is 2.65. The van der Waals surface area contributed by atoms with Gasteiger partial charge < -0.3 is 9.80 Å². The first-order valence-corrected chi connectivity index (χ1v) is 10.4. The topological polar surface area (TPSA) is 40.6 Å². The van der Waals surface area contributed by atoms with Crippen molar-refractivity contribution >= 4 is 11.8 Å². The SMILES string of the molecule is O=C([C@@H]1C2CCC(CC2)N1C(=O)[C@H]1C[C@@H]1c1ccccc1)N1CCCC1. The number of likely N-dealkylation sites (tertiary alicyclic amines) is 1. The fraction of sp³-hybridized carbons (Fsp3) is 0.636. The van der Waals surface area contributed by atoms with Crippen molar-refractivity contribution in [1.82, 2.24) is 9.80 Å². The summed E-state index contributed by atoms with van der Waals surface area (Å²) in [6.07, 6.45) is 7.57. The molecule has 3 saturated heterocycles. The van der Waals surface area contributed by atoms with E-state index in [1.165, 1.54) is 5.56 Å². The highest BCUT2D eigenvalue weighted by molar-refractivity contribution is 5.91. The first-order chi connectivity index (χ1) is 12.7. The van der Waals surface area contributed by atoms with Crippen molar-refractivity contribution in [3.05, 3.63) is 35.9 Å². The van der Waals surface area contributed by atoms with Crippen LogP contribution >= 0.6 is 0 Å². The van der Waals surface area contributed by atoms with E-state index in [-0.39, 0.29) is 23.8 Å². The quantitative estimate of drug-likeness (QED) is 0.838. The summed E-state index contributed by atoms with van der Waals surface area (Å²) in [5.74, 6) is 1.32. The van der Waals surface area contributed by atoms with Crippen molar-refractivity contribution in [2.24, 2.45) is 11.8 Å². The molecule has 6 rings (SSSR count). The number of fused-ring (bicyclic) bond motifs is 3. The lowest BCUT2D eigenvalue weighted by molar-refractivity contribution is -0.159. The minimum absolute atomic E-state index is 0.0885. The second-order valence-corrected chi connectivity index (χ2v) is 8.65. The maximum Gasteiger partial charge on any atom is 0.245 e. The van der Waals surface area contributed by atoms with Crippen LogP contribution in [0, 0.1) is 11.8 Å². The predicted octanol–water partition coefficient (Wildman–Crippen LogP) is 3.18. The van der Waals surface area contributed by atoms with Crippen molar-refractivity contribution in [1.29, 1.82) is 0 Å². The Kier molecular flexibility index (Phi) is 4.02. The molecule has 0 N–H and O–H groups in total. The Morgan fingerprint density at radius 1 is 0.885 bits per heavy atom. The highest BCUT2D eigenvalue weighted by atomic mass is 16.2. The minimum atomic E-state index is -0.176. The van der Waals surface area contributed by atoms with Crippen LogP contribution in [-0.4, -0.2) is 46.8 Å². The normalized spacial score (nSPS) is 35.6. The van der Waals surface area contributed by atoms with E-state index in [4.69, 9.17) is 0 Å². The van der Waals surface area contributed by atoms with Gasteiger partial charge in [-0.1, -0.05) is 30.3 Å². The predicted molar refractivity (Wildman–Crippen MR) is 99.5 cm³/mol. The van der Waals surface area contributed by atoms with Crippen LogP contribution in [0.3, 0.4) is 0 Å². The summed E-state index contributed by atoms with van der Waals surface area (Å²) in [4.78, 5) is 30.7. The number of carbonyl (C=O) groups is 2. The Labute approximate surface area is 155 Å². The molecule has 3 atom stereocenters. The molecule has 0 aromatic heterocycles. The molecule has 2 amide bonds. The van der Waals surface area contributed by atoms with E-state index in [1.807, 2.05) is 11.0 Å². The molecule has 0 spiro atoms. The monoisotopic (exact) mass is 352 g/mol. The van der Waals surface area contributed by atoms with Crippen molar-refractivity contribution < 1.29 is 9.59 Å². The number of hydrogen-bond acceptors (Lipinski definition) is 2. The number of nitrogens with zero attached hydrogens (tertiary/aromatic N) is 2. The molecule has 4 heteroatoms. The van der Waals surface area contributed by atoms with Crippen LogP contribution in [0.15, 0.2) is 30.3 Å². The molecule has 2 aliphatic carbocycles. The van der Waals surface area contributed by atoms with Crippen LogP contribution < -0.4 is 0 Å². The second-order valence-electron chi connectivity index (χ2n) is 8.65. The molecule has 5 fully saturated rings. The van der Waals surface area contributed by atoms with Crippen molar-refractivity contribution in [3.63, 3.8) is 0 Å². The van der Waals surface area contributed by atoms with Gasteiger partial charge in [-0.2, -0.15) is 0 Å². The molecule has 138 valence electrons. The highest BCUT2D eigenvalue weighted by Gasteiger charge is 2.54. The molecule has 1 aromatic carbocycles. The maximum atomic E-state index is 13.4. The van der Waals surface area contributed by atoms with Crippen LogP contribution in [-0.2, 0) is 9.59 Å². The summed E-state index contributed by atoms with van der Waals surface area (Å²) < 4.78 is 0. The van der Waals surface area contributed by atoms with Gasteiger partial charge in [0.15, 0.2) is 0 Å². The zero-order valence-corrected chi connectivity index (χ0v) is 15.3. The Hall–Kier alpha value is -1.84. The highest BCUT2D eigenvalue weighted by Crippen LogP contribution is 2.51. The van der Waals surface area contributed by atoms with Gasteiger partial charge >= 0.3 is 0 Å². The van der Waals surface area contributed by atoms with Crippen LogP contribution in [0.4, 0.5) is 0 Å². The van der Waals surface area contributed by atoms with Crippen LogP contribution in [0.1, 0.15) is 56.4 Å². The molecule has 1 aromatic rings. The molecular weight excluding hydrogens is 324 g/mol. The average Bonchev–Trinajstić information content (AvgIpc) is 3.32. The molecule has 4 nitrogen and oxygen atoms in total. The van der Waals surface area contributed by atoms with Crippen LogP contribution in [0.25, 0.3) is 0 Å². The number of rotatable bonds is 3. The zero-order valence-electron chi connectivity index (χ0n) is 15.3. The van der Waals surface area contributed by atoms with Gasteiger partial charge in [-0.05, 0) is 62.3 Å². The minimum Gasteiger partial charge on any atom is -0.341 e. The largest absolute Gasteiger partial charge is 0.341 e. The zero-order chi connectivity index (χ0) is 17.7. The number of benzene rings is 1. The van der Waals surface area contributed by atoms with E-state index in [1.54, 1.807) is 0 Å². The first-order valence-electron chi connectivity index (χ1n) is 10.4. The summed E-state index contributed by atoms with van der Waals surface area (Å²) >= 11 is 0. The smallest absolute Gasteiger partial charge is 0.245 e. The van der Waals surface area contributed by atoms with E-state index in [0.29, 0.717) is 17.9 Å². The van der Waals surface area contributed by atoms with Crippen molar-refractivity contribution in [3.8, 4) is 0 Å². The van der Waals surface area contributed by atoms with Crippen LogP contribution in [0.5, 0.6) is 0 Å². The van der Waals surface area contributed by atoms with Gasteiger partial charge in [-0.3, -0.25) is 9.59 Å². The average molecular weight is 352 g/mol. The van der Waals surface area contributed by atoms with E-state index in [9.17, 15) is 9.59 Å². The third-order valence-corrected chi connectivity index (χ3v) is 7.14. The molecule has 2 saturated carbocycles. The summed E-state index contributed by atoms with van der Waals surface area (Å²) in [6.45, 7) is 1.76. The lowest BCUT2D eigenvalue weighted by Gasteiger charge is -2.51. The summed E-state index contributed by atoms with van der Waals surface area (Å²) in [7, 11) is 0. The van der Waals surface area contributed by atoms with Gasteiger partial charge in [-0.15, -0.1) is 0 Å². The standard InChI is InChI=1S/C22H28N2O2/c25-21(19-14-18(19)15-6-2-1-3-7-15)24-17-10-8-16(9-11-17)20(24)22(26)23-12-4-5-13-23/h1-3,6-7,16-20H,4-5,8-14H2/t16?,17?,18-,19+,20+/m1/s1. The van der Waals surface area contributed by atoms with Crippen LogP contribution in [0.2, 0.25) is 0 Å². The lowest BCUT2D eigenvalue weighted by atomic mass is 9.73. The molecule has 5 aliphatic rings. The van der Waals surface area contributed by atoms with E-state index in [0.717, 1.165) is 58.0 Å². The number of piperidine rings is 2. The van der Waals surface area contributed by atoms with Gasteiger partial charge in [0, 0.05) is 25.0 Å². The number of carbonyl (C=O) groups excluding carboxylic acids is 2. The molecule has 2 bridgehead atoms. The summed E-state index contributed by atoms with van der Waals surface area (Å²) in [5.41, 5.74) is 1.27.